The fraction of sp³-hybridized carbons (Fsp3) is 0.286. The van der Waals surface area contributed by atoms with E-state index in [0.29, 0.717) is 0 Å². The zero-order chi connectivity index (χ0) is 14.0. The summed E-state index contributed by atoms with van der Waals surface area (Å²) in [4.78, 5) is 10.9. The number of hydrogen-bond acceptors (Lipinski definition) is 2. The van der Waals surface area contributed by atoms with Crippen LogP contribution in [0.2, 0.25) is 5.02 Å². The molecule has 5 heteroatoms. The van der Waals surface area contributed by atoms with Crippen LogP contribution in [0.25, 0.3) is 5.69 Å². The van der Waals surface area contributed by atoms with E-state index in [4.69, 9.17) is 16.7 Å². The predicted octanol–water partition coefficient (Wildman–Crippen LogP) is 3.35. The number of aromatic carboxylic acids is 1. The molecule has 0 aliphatic rings. The van der Waals surface area contributed by atoms with E-state index in [-0.39, 0.29) is 10.6 Å². The lowest BCUT2D eigenvalue weighted by atomic mass is 10.2. The van der Waals surface area contributed by atoms with Gasteiger partial charge in [-0.15, -0.1) is 0 Å². The topological polar surface area (TPSA) is 55.1 Å². The third-order valence-electron chi connectivity index (χ3n) is 2.99. The monoisotopic (exact) mass is 278 g/mol. The first-order valence-corrected chi connectivity index (χ1v) is 6.55. The van der Waals surface area contributed by atoms with E-state index in [1.165, 1.54) is 6.07 Å². The van der Waals surface area contributed by atoms with Gasteiger partial charge in [-0.3, -0.25) is 0 Å². The van der Waals surface area contributed by atoms with Crippen LogP contribution in [0.1, 0.15) is 35.6 Å². The molecule has 0 radical (unpaired) electrons. The first kappa shape index (κ1) is 13.6. The zero-order valence-corrected chi connectivity index (χ0v) is 11.6. The van der Waals surface area contributed by atoms with E-state index in [9.17, 15) is 4.79 Å². The summed E-state index contributed by atoms with van der Waals surface area (Å²) < 4.78 is 1.82. The molecule has 0 fully saturated rings. The highest BCUT2D eigenvalue weighted by molar-refractivity contribution is 6.33. The van der Waals surface area contributed by atoms with Gasteiger partial charge in [0.1, 0.15) is 0 Å². The fourth-order valence-electron chi connectivity index (χ4n) is 1.93. The fourth-order valence-corrected chi connectivity index (χ4v) is 2.19. The van der Waals surface area contributed by atoms with Crippen LogP contribution in [0.15, 0.2) is 24.3 Å². The number of benzene rings is 1. The number of rotatable bonds is 4. The largest absolute Gasteiger partial charge is 0.478 e. The van der Waals surface area contributed by atoms with Crippen LogP contribution in [0, 0.1) is 0 Å². The average Bonchev–Trinajstić information content (AvgIpc) is 2.81. The number of carboxylic acid groups (broad SMARTS) is 1. The molecule has 0 amide bonds. The van der Waals surface area contributed by atoms with Gasteiger partial charge in [0, 0.05) is 5.69 Å². The minimum atomic E-state index is -1.03. The summed E-state index contributed by atoms with van der Waals surface area (Å²) in [5.41, 5.74) is 2.98. The number of hydrogen-bond donors (Lipinski definition) is 1. The van der Waals surface area contributed by atoms with Crippen molar-refractivity contribution in [1.29, 1.82) is 0 Å². The Hall–Kier alpha value is -1.81. The molecular weight excluding hydrogens is 264 g/mol. The van der Waals surface area contributed by atoms with Gasteiger partial charge in [-0.25, -0.2) is 9.48 Å². The molecule has 0 atom stereocenters. The van der Waals surface area contributed by atoms with E-state index in [0.717, 1.165) is 29.9 Å². The highest BCUT2D eigenvalue weighted by atomic mass is 35.5. The summed E-state index contributed by atoms with van der Waals surface area (Å²) in [7, 11) is 0. The molecular formula is C14H15ClN2O2. The van der Waals surface area contributed by atoms with Crippen LogP contribution in [-0.2, 0) is 12.8 Å². The third kappa shape index (κ3) is 2.63. The second-order valence-electron chi connectivity index (χ2n) is 4.22. The molecule has 0 saturated carbocycles. The van der Waals surface area contributed by atoms with Gasteiger partial charge in [0.2, 0.25) is 0 Å². The molecule has 1 aromatic carbocycles. The number of carboxylic acids is 1. The normalized spacial score (nSPS) is 10.7. The van der Waals surface area contributed by atoms with Gasteiger partial charge in [-0.05, 0) is 37.1 Å². The summed E-state index contributed by atoms with van der Waals surface area (Å²) in [5, 5.41) is 13.7. The molecule has 0 saturated heterocycles. The molecule has 19 heavy (non-hydrogen) atoms. The average molecular weight is 279 g/mol. The standard InChI is InChI=1S/C14H15ClN2O2/c1-3-9-7-10(4-2)17(16-9)11-5-6-12(14(18)19)13(15)8-11/h5-8H,3-4H2,1-2H3,(H,18,19). The van der Waals surface area contributed by atoms with Gasteiger partial charge < -0.3 is 5.11 Å². The Morgan fingerprint density at radius 3 is 2.58 bits per heavy atom. The summed E-state index contributed by atoms with van der Waals surface area (Å²) in [5.74, 6) is -1.03. The summed E-state index contributed by atoms with van der Waals surface area (Å²) >= 11 is 5.99. The first-order chi connectivity index (χ1) is 9.06. The summed E-state index contributed by atoms with van der Waals surface area (Å²) in [6, 6.07) is 6.92. The van der Waals surface area contributed by atoms with Crippen molar-refractivity contribution in [3.05, 3.63) is 46.2 Å². The lowest BCUT2D eigenvalue weighted by molar-refractivity contribution is 0.0697. The minimum absolute atomic E-state index is 0.103. The van der Waals surface area contributed by atoms with Gasteiger partial charge in [0.25, 0.3) is 0 Å². The summed E-state index contributed by atoms with van der Waals surface area (Å²) in [6.45, 7) is 4.10. The van der Waals surface area contributed by atoms with E-state index in [2.05, 4.69) is 18.1 Å². The van der Waals surface area contributed by atoms with E-state index >= 15 is 0 Å². The van der Waals surface area contributed by atoms with Crippen molar-refractivity contribution >= 4 is 17.6 Å². The maximum absolute atomic E-state index is 10.9. The number of carbonyl (C=O) groups is 1. The number of halogens is 1. The molecule has 1 aromatic heterocycles. The SMILES string of the molecule is CCc1cc(CC)n(-c2ccc(C(=O)O)c(Cl)c2)n1. The molecule has 2 rings (SSSR count). The second kappa shape index (κ2) is 5.45. The van der Waals surface area contributed by atoms with Crippen LogP contribution in [0.5, 0.6) is 0 Å². The quantitative estimate of drug-likeness (QED) is 0.933. The molecule has 1 heterocycles. The van der Waals surface area contributed by atoms with Gasteiger partial charge in [-0.2, -0.15) is 5.10 Å². The van der Waals surface area contributed by atoms with Gasteiger partial charge in [-0.1, -0.05) is 25.4 Å². The van der Waals surface area contributed by atoms with E-state index < -0.39 is 5.97 Å². The Kier molecular flexibility index (Phi) is 3.90. The zero-order valence-electron chi connectivity index (χ0n) is 10.9. The van der Waals surface area contributed by atoms with Crippen molar-refractivity contribution < 1.29 is 9.90 Å². The lowest BCUT2D eigenvalue weighted by Crippen LogP contribution is -2.04. The van der Waals surface area contributed by atoms with Crippen molar-refractivity contribution in [1.82, 2.24) is 9.78 Å². The Bertz CT molecular complexity index is 620. The molecule has 0 aliphatic carbocycles. The van der Waals surface area contributed by atoms with Crippen LogP contribution >= 0.6 is 11.6 Å². The molecule has 0 spiro atoms. The van der Waals surface area contributed by atoms with Gasteiger partial charge in [0.15, 0.2) is 0 Å². The number of aromatic nitrogens is 2. The predicted molar refractivity (Wildman–Crippen MR) is 74.3 cm³/mol. The van der Waals surface area contributed by atoms with Crippen LogP contribution < -0.4 is 0 Å². The number of nitrogens with zero attached hydrogens (tertiary/aromatic N) is 2. The van der Waals surface area contributed by atoms with Gasteiger partial charge in [0.05, 0.1) is 22.0 Å². The van der Waals surface area contributed by atoms with E-state index in [1.807, 2.05) is 11.6 Å². The van der Waals surface area contributed by atoms with Crippen molar-refractivity contribution in [2.45, 2.75) is 26.7 Å². The molecule has 0 bridgehead atoms. The maximum Gasteiger partial charge on any atom is 0.337 e. The van der Waals surface area contributed by atoms with Crippen LogP contribution in [-0.4, -0.2) is 20.9 Å². The molecule has 100 valence electrons. The summed E-state index contributed by atoms with van der Waals surface area (Å²) in [6.07, 6.45) is 1.71. The Labute approximate surface area is 116 Å². The van der Waals surface area contributed by atoms with Crippen molar-refractivity contribution in [2.24, 2.45) is 0 Å². The van der Waals surface area contributed by atoms with Crippen LogP contribution in [0.3, 0.4) is 0 Å². The van der Waals surface area contributed by atoms with E-state index in [1.54, 1.807) is 12.1 Å². The lowest BCUT2D eigenvalue weighted by Gasteiger charge is -2.07. The highest BCUT2D eigenvalue weighted by Gasteiger charge is 2.12. The maximum atomic E-state index is 10.9. The second-order valence-corrected chi connectivity index (χ2v) is 4.62. The Morgan fingerprint density at radius 1 is 1.32 bits per heavy atom. The van der Waals surface area contributed by atoms with Gasteiger partial charge >= 0.3 is 5.97 Å². The highest BCUT2D eigenvalue weighted by Crippen LogP contribution is 2.22. The minimum Gasteiger partial charge on any atom is -0.478 e. The molecule has 0 unspecified atom stereocenters. The smallest absolute Gasteiger partial charge is 0.337 e. The molecule has 1 N–H and O–H groups in total. The molecule has 0 aliphatic heterocycles. The van der Waals surface area contributed by atoms with Crippen molar-refractivity contribution in [2.75, 3.05) is 0 Å². The number of aryl methyl sites for hydroxylation is 2. The van der Waals surface area contributed by atoms with Crippen LogP contribution in [0.4, 0.5) is 0 Å². The Balaban J connectivity index is 2.50. The molecule has 2 aromatic rings. The first-order valence-electron chi connectivity index (χ1n) is 6.17. The molecule has 4 nitrogen and oxygen atoms in total. The third-order valence-corrected chi connectivity index (χ3v) is 3.30. The Morgan fingerprint density at radius 2 is 2.05 bits per heavy atom. The van der Waals surface area contributed by atoms with Crippen molar-refractivity contribution in [3.63, 3.8) is 0 Å². The van der Waals surface area contributed by atoms with Crippen molar-refractivity contribution in [3.8, 4) is 5.69 Å².